The third-order valence-corrected chi connectivity index (χ3v) is 7.68. The van der Waals surface area contributed by atoms with E-state index in [1.54, 1.807) is 0 Å². The van der Waals surface area contributed by atoms with E-state index >= 15 is 0 Å². The van der Waals surface area contributed by atoms with Crippen molar-refractivity contribution in [1.82, 2.24) is 0 Å². The van der Waals surface area contributed by atoms with Crippen molar-refractivity contribution in [3.8, 4) is 0 Å². The van der Waals surface area contributed by atoms with Crippen LogP contribution in [0.4, 0.5) is 11.4 Å². The summed E-state index contributed by atoms with van der Waals surface area (Å²) in [5.41, 5.74) is 13.6. The van der Waals surface area contributed by atoms with E-state index in [4.69, 9.17) is 14.2 Å². The fourth-order valence-corrected chi connectivity index (χ4v) is 2.87. The Bertz CT molecular complexity index is 673. The zero-order chi connectivity index (χ0) is 18.4. The Morgan fingerprint density at radius 1 is 0.857 bits per heavy atom. The van der Waals surface area contributed by atoms with Gasteiger partial charge in [-0.2, -0.15) is 0 Å². The van der Waals surface area contributed by atoms with E-state index in [1.807, 2.05) is 0 Å². The van der Waals surface area contributed by atoms with Gasteiger partial charge in [0.1, 0.15) is 0 Å². The number of benzene rings is 1. The lowest BCUT2D eigenvalue weighted by Crippen LogP contribution is -2.42. The van der Waals surface area contributed by atoms with E-state index in [0.717, 1.165) is 11.1 Å². The van der Waals surface area contributed by atoms with Crippen LogP contribution in [-0.2, 0) is 51.0 Å². The van der Waals surface area contributed by atoms with Gasteiger partial charge >= 0.3 is 0 Å². The largest absolute Gasteiger partial charge is 0.397 e. The van der Waals surface area contributed by atoms with Gasteiger partial charge in [-0.25, -0.2) is 0 Å². The molecular formula is C15H24N2S4. The predicted molar refractivity (Wildman–Crippen MR) is 105 cm³/mol. The van der Waals surface area contributed by atoms with Crippen molar-refractivity contribution in [2.24, 2.45) is 5.41 Å². The maximum Gasteiger partial charge on any atom is 0.0649 e. The first kappa shape index (κ1) is 15.6. The van der Waals surface area contributed by atoms with Crippen LogP contribution in [0.5, 0.6) is 0 Å². The summed E-state index contributed by atoms with van der Waals surface area (Å²) in [5.74, 6) is 0. The zero-order valence-corrected chi connectivity index (χ0v) is 16.6. The first-order valence-electron chi connectivity index (χ1n) is 7.58. The number of nitrogen functional groups attached to an aromatic ring is 2. The topological polar surface area (TPSA) is 52.0 Å². The van der Waals surface area contributed by atoms with Crippen molar-refractivity contribution in [2.75, 3.05) is 11.5 Å². The maximum absolute atomic E-state index is 8.33. The molecule has 0 aromatic heterocycles. The van der Waals surface area contributed by atoms with E-state index in [1.165, 1.54) is 17.8 Å². The molecule has 0 atom stereocenters. The van der Waals surface area contributed by atoms with Crippen LogP contribution in [0.15, 0.2) is 12.1 Å². The van der Waals surface area contributed by atoms with E-state index < -0.39 is 0 Å². The molecule has 0 heterocycles. The summed E-state index contributed by atoms with van der Waals surface area (Å²) in [5, 5.41) is 0. The summed E-state index contributed by atoms with van der Waals surface area (Å²) in [6.07, 6.45) is 0. The molecular weight excluding hydrogens is 336 g/mol. The van der Waals surface area contributed by atoms with Gasteiger partial charge in [0.15, 0.2) is 0 Å². The Kier molecular flexibility index (Phi) is 4.50. The first-order valence-corrected chi connectivity index (χ1v) is 10.6. The van der Waals surface area contributed by atoms with Crippen LogP contribution in [0.2, 0.25) is 0 Å². The van der Waals surface area contributed by atoms with Gasteiger partial charge in [0.25, 0.3) is 0 Å². The average Bonchev–Trinajstić information content (AvgIpc) is 2.57. The molecule has 2 rings (SSSR count). The van der Waals surface area contributed by atoms with E-state index in [9.17, 15) is 0 Å². The number of fused-ring (bicyclic) bond motifs is 1. The highest BCUT2D eigenvalue weighted by molar-refractivity contribution is 8.51. The van der Waals surface area contributed by atoms with Crippen LogP contribution in [0.1, 0.15) is 55.4 Å². The first-order chi connectivity index (χ1) is 10.3. The van der Waals surface area contributed by atoms with Crippen LogP contribution in [0.25, 0.3) is 0 Å². The number of rotatable bonds is 0. The Morgan fingerprint density at radius 3 is 1.38 bits per heavy atom. The molecule has 2 nitrogen and oxygen atoms in total. The number of anilines is 2. The minimum atomic E-state index is -0.222. The molecule has 1 aliphatic rings. The van der Waals surface area contributed by atoms with Crippen molar-refractivity contribution in [3.05, 3.63) is 23.2 Å². The third kappa shape index (κ3) is 2.83. The fourth-order valence-electron chi connectivity index (χ4n) is 2.87. The quantitative estimate of drug-likeness (QED) is 0.694. The highest BCUT2D eigenvalue weighted by atomic mass is 33.2. The molecule has 1 aliphatic carbocycles. The minimum Gasteiger partial charge on any atom is -0.397 e. The predicted octanol–water partition coefficient (Wildman–Crippen LogP) is 3.44. The van der Waals surface area contributed by atoms with Gasteiger partial charge in [0.05, 0.1) is 14.1 Å². The minimum absolute atomic E-state index is 0.0891. The Labute approximate surface area is 146 Å². The van der Waals surface area contributed by atoms with Gasteiger partial charge in [-0.15, -0.1) is 0 Å². The van der Waals surface area contributed by atoms with Crippen LogP contribution in [0.3, 0.4) is 0 Å². The molecule has 4 N–H and O–H groups in total. The number of hydrogen-bond donors (Lipinski definition) is 2. The second kappa shape index (κ2) is 6.07. The summed E-state index contributed by atoms with van der Waals surface area (Å²) in [6, 6.07) is 0.597. The van der Waals surface area contributed by atoms with Crippen molar-refractivity contribution < 1.29 is 2.74 Å². The fraction of sp³-hybridized carbons (Fsp3) is 0.600. The number of nitrogens with two attached hydrogens (primary N) is 2. The van der Waals surface area contributed by atoms with E-state index in [-0.39, 0.29) is 27.6 Å². The SMILES string of the molecule is S=S=S=S.[2H]c1c(N)c(N)c([2H])c2c1C(C)(C)C(C)(C)C2(C)C. The summed E-state index contributed by atoms with van der Waals surface area (Å²) in [7, 11) is 2.34. The normalized spacial score (nSPS) is 21.2. The summed E-state index contributed by atoms with van der Waals surface area (Å²) < 4.78 is 16.7. The molecule has 6 heteroatoms. The highest BCUT2D eigenvalue weighted by Gasteiger charge is 2.56. The van der Waals surface area contributed by atoms with Crippen LogP contribution >= 0.6 is 0 Å². The molecule has 0 bridgehead atoms. The lowest BCUT2D eigenvalue weighted by Gasteiger charge is -2.44. The summed E-state index contributed by atoms with van der Waals surface area (Å²) in [6.45, 7) is 12.9. The van der Waals surface area contributed by atoms with Crippen molar-refractivity contribution >= 4 is 51.5 Å². The van der Waals surface area contributed by atoms with Crippen molar-refractivity contribution in [2.45, 2.75) is 52.4 Å². The van der Waals surface area contributed by atoms with Gasteiger partial charge < -0.3 is 11.5 Å². The molecule has 0 radical (unpaired) electrons. The molecule has 0 unspecified atom stereocenters. The zero-order valence-electron chi connectivity index (χ0n) is 15.3. The average molecular weight is 363 g/mol. The molecule has 0 fully saturated rings. The van der Waals surface area contributed by atoms with Gasteiger partial charge in [-0.1, -0.05) is 41.5 Å². The molecule has 0 amide bonds. The smallest absolute Gasteiger partial charge is 0.0649 e. The second-order valence-corrected chi connectivity index (χ2v) is 10.4. The van der Waals surface area contributed by atoms with Crippen molar-refractivity contribution in [1.29, 1.82) is 0 Å². The van der Waals surface area contributed by atoms with Crippen LogP contribution < -0.4 is 11.5 Å². The van der Waals surface area contributed by atoms with Gasteiger partial charge in [0.2, 0.25) is 0 Å². The van der Waals surface area contributed by atoms with Crippen LogP contribution in [-0.4, -0.2) is 0 Å². The second-order valence-electron chi connectivity index (χ2n) is 6.84. The Morgan fingerprint density at radius 2 is 1.14 bits per heavy atom. The molecule has 21 heavy (non-hydrogen) atoms. The molecule has 1 aromatic carbocycles. The molecule has 118 valence electrons. The number of hydrogen-bond acceptors (Lipinski definition) is 4. The summed E-state index contributed by atoms with van der Waals surface area (Å²) in [4.78, 5) is 0. The standard InChI is InChI=1S/C15H24N2.S4/c1-13(2)9-7-11(16)12(17)8-10(9)14(3,4)15(13,5)6;1-3-4-2/h7-8H,16-17H2,1-6H3;/i7D,8D;. The third-order valence-electron chi connectivity index (χ3n) is 5.46. The van der Waals surface area contributed by atoms with Crippen molar-refractivity contribution in [3.63, 3.8) is 0 Å². The monoisotopic (exact) mass is 362 g/mol. The van der Waals surface area contributed by atoms with Gasteiger partial charge in [-0.05, 0) is 39.5 Å². The Balaban J connectivity index is 0.000000593. The maximum atomic E-state index is 8.33. The summed E-state index contributed by atoms with van der Waals surface area (Å²) >= 11 is 8.66. The molecule has 0 saturated carbocycles. The molecule has 0 saturated heterocycles. The molecule has 0 spiro atoms. The molecule has 1 aromatic rings. The van der Waals surface area contributed by atoms with Gasteiger partial charge in [-0.3, -0.25) is 0 Å². The lowest BCUT2D eigenvalue weighted by molar-refractivity contribution is 0.125. The van der Waals surface area contributed by atoms with E-state index in [2.05, 4.69) is 63.9 Å². The highest BCUT2D eigenvalue weighted by Crippen LogP contribution is 2.62. The van der Waals surface area contributed by atoms with Gasteiger partial charge in [0, 0.05) is 40.1 Å². The lowest BCUT2D eigenvalue weighted by atomic mass is 9.59. The van der Waals surface area contributed by atoms with Crippen LogP contribution in [0, 0.1) is 5.41 Å². The molecule has 0 aliphatic heterocycles. The van der Waals surface area contributed by atoms with E-state index in [0.29, 0.717) is 12.1 Å². The Hall–Kier alpha value is -0.300.